The van der Waals surface area contributed by atoms with E-state index < -0.39 is 17.8 Å². The molecule has 0 radical (unpaired) electrons. The van der Waals surface area contributed by atoms with Gasteiger partial charge >= 0.3 is 29.6 Å². The summed E-state index contributed by atoms with van der Waals surface area (Å²) in [5.74, 6) is -2.26. The van der Waals surface area contributed by atoms with Crippen molar-refractivity contribution in [3.63, 3.8) is 0 Å². The maximum atomic E-state index is 12.9. The molecule has 1 aromatic heterocycles. The van der Waals surface area contributed by atoms with E-state index in [-0.39, 0.29) is 47.3 Å². The van der Waals surface area contributed by atoms with Crippen molar-refractivity contribution in [1.82, 2.24) is 9.97 Å². The number of carbonyl (C=O) groups is 2. The predicted octanol–water partition coefficient (Wildman–Crippen LogP) is -1.19. The minimum Gasteiger partial charge on any atom is -0.550 e. The van der Waals surface area contributed by atoms with Crippen LogP contribution in [0, 0.1) is 30.6 Å². The summed E-state index contributed by atoms with van der Waals surface area (Å²) in [6, 6.07) is 5.70. The molecule has 2 saturated carbocycles. The molecule has 1 amide bonds. The minimum atomic E-state index is -1.10. The van der Waals surface area contributed by atoms with Gasteiger partial charge in [0.25, 0.3) is 0 Å². The smallest absolute Gasteiger partial charge is 0.550 e. The number of carboxylic acid groups (broad SMARTS) is 1. The number of anilines is 1. The van der Waals surface area contributed by atoms with Crippen molar-refractivity contribution in [3.8, 4) is 11.3 Å². The standard InChI is InChI=1S/C20H21N3O3.Na/c1-11-2-3-12(16-10-21-6-7-22-16)9-15(11)23-19(24)17-13-4-5-14(8-13)18(17)20(25)26;/h2-3,6-7,9-10,13-14,17-18H,4-5,8H2,1H3,(H,23,24)(H,25,26);/q;+1/p-1/t13-,14+,17-,18+;/m0./s1. The Bertz CT molecular complexity index is 859. The van der Waals surface area contributed by atoms with Gasteiger partial charge in [-0.2, -0.15) is 0 Å². The van der Waals surface area contributed by atoms with Crippen LogP contribution in [0.25, 0.3) is 11.3 Å². The number of nitrogens with zero attached hydrogens (tertiary/aromatic N) is 2. The molecule has 4 atom stereocenters. The molecule has 1 heterocycles. The number of aromatic nitrogens is 2. The molecule has 4 rings (SSSR count). The van der Waals surface area contributed by atoms with Crippen LogP contribution in [0.1, 0.15) is 24.8 Å². The number of rotatable bonds is 4. The first kappa shape index (κ1) is 20.0. The number of nitrogens with one attached hydrogen (secondary N) is 1. The molecule has 1 N–H and O–H groups in total. The second-order valence-corrected chi connectivity index (χ2v) is 7.31. The number of carbonyl (C=O) groups excluding carboxylic acids is 2. The van der Waals surface area contributed by atoms with Gasteiger partial charge in [-0.1, -0.05) is 12.1 Å². The van der Waals surface area contributed by atoms with Gasteiger partial charge in [0.1, 0.15) is 0 Å². The number of aryl methyl sites for hydroxylation is 1. The van der Waals surface area contributed by atoms with Crippen LogP contribution in [0.2, 0.25) is 0 Å². The first-order valence-corrected chi connectivity index (χ1v) is 8.93. The fourth-order valence-electron chi connectivity index (χ4n) is 4.59. The van der Waals surface area contributed by atoms with Crippen LogP contribution in [0.15, 0.2) is 36.8 Å². The molecule has 2 aliphatic carbocycles. The number of fused-ring (bicyclic) bond motifs is 2. The first-order chi connectivity index (χ1) is 12.5. The third kappa shape index (κ3) is 3.79. The third-order valence-corrected chi connectivity index (χ3v) is 5.85. The SMILES string of the molecule is Cc1ccc(-c2cnccn2)cc1NC(=O)[C@H]1[C@H]2CC[C@H](C2)[C@H]1C(=O)[O-].[Na+]. The fraction of sp³-hybridized carbons (Fsp3) is 0.400. The molecule has 1 aromatic carbocycles. The van der Waals surface area contributed by atoms with Crippen LogP contribution in [0.4, 0.5) is 5.69 Å². The van der Waals surface area contributed by atoms with Crippen LogP contribution in [-0.4, -0.2) is 21.8 Å². The van der Waals surface area contributed by atoms with Crippen LogP contribution >= 0.6 is 0 Å². The molecular formula is C20H20N3NaO3. The van der Waals surface area contributed by atoms with E-state index in [1.54, 1.807) is 18.6 Å². The number of hydrogen-bond donors (Lipinski definition) is 1. The van der Waals surface area contributed by atoms with Gasteiger partial charge in [-0.25, -0.2) is 0 Å². The number of hydrogen-bond acceptors (Lipinski definition) is 5. The Morgan fingerprint density at radius 2 is 1.89 bits per heavy atom. The third-order valence-electron chi connectivity index (χ3n) is 5.85. The number of amides is 1. The average Bonchev–Trinajstić information content (AvgIpc) is 3.25. The molecule has 134 valence electrons. The summed E-state index contributed by atoms with van der Waals surface area (Å²) in [6.07, 6.45) is 7.51. The molecule has 2 bridgehead atoms. The monoisotopic (exact) mass is 373 g/mol. The number of aliphatic carboxylic acids is 1. The van der Waals surface area contributed by atoms with Gasteiger partial charge in [0.2, 0.25) is 5.91 Å². The molecule has 0 aliphatic heterocycles. The average molecular weight is 373 g/mol. The number of benzene rings is 1. The second-order valence-electron chi connectivity index (χ2n) is 7.31. The molecule has 2 fully saturated rings. The quantitative estimate of drug-likeness (QED) is 0.680. The van der Waals surface area contributed by atoms with E-state index in [2.05, 4.69) is 15.3 Å². The van der Waals surface area contributed by atoms with Gasteiger partial charge in [-0.3, -0.25) is 14.8 Å². The molecule has 0 saturated heterocycles. The Kier molecular flexibility index (Phi) is 5.99. The van der Waals surface area contributed by atoms with E-state index >= 15 is 0 Å². The summed E-state index contributed by atoms with van der Waals surface area (Å²) in [7, 11) is 0. The summed E-state index contributed by atoms with van der Waals surface area (Å²) < 4.78 is 0. The van der Waals surface area contributed by atoms with Crippen molar-refractivity contribution < 1.29 is 44.3 Å². The summed E-state index contributed by atoms with van der Waals surface area (Å²) in [5, 5.41) is 14.5. The zero-order chi connectivity index (χ0) is 18.3. The first-order valence-electron chi connectivity index (χ1n) is 8.93. The normalized spacial score (nSPS) is 25.7. The maximum Gasteiger partial charge on any atom is 1.00 e. The topological polar surface area (TPSA) is 95.0 Å². The molecule has 0 unspecified atom stereocenters. The minimum absolute atomic E-state index is 0. The fourth-order valence-corrected chi connectivity index (χ4v) is 4.59. The van der Waals surface area contributed by atoms with E-state index in [1.165, 1.54) is 0 Å². The van der Waals surface area contributed by atoms with E-state index in [9.17, 15) is 14.7 Å². The summed E-state index contributed by atoms with van der Waals surface area (Å²) in [6.45, 7) is 1.91. The van der Waals surface area contributed by atoms with Gasteiger partial charge in [0.05, 0.1) is 11.9 Å². The van der Waals surface area contributed by atoms with Gasteiger partial charge in [0, 0.05) is 41.4 Å². The largest absolute Gasteiger partial charge is 1.00 e. The summed E-state index contributed by atoms with van der Waals surface area (Å²) >= 11 is 0. The van der Waals surface area contributed by atoms with E-state index in [0.29, 0.717) is 5.69 Å². The van der Waals surface area contributed by atoms with Crippen molar-refractivity contribution in [2.24, 2.45) is 23.7 Å². The Labute approximate surface area is 180 Å². The molecule has 2 aromatic rings. The zero-order valence-electron chi connectivity index (χ0n) is 15.5. The Balaban J connectivity index is 0.00000210. The summed E-state index contributed by atoms with van der Waals surface area (Å²) in [4.78, 5) is 32.8. The van der Waals surface area contributed by atoms with Gasteiger partial charge in [-0.05, 0) is 49.7 Å². The Morgan fingerprint density at radius 1 is 1.15 bits per heavy atom. The van der Waals surface area contributed by atoms with Crippen LogP contribution in [0.5, 0.6) is 0 Å². The molecule has 6 nitrogen and oxygen atoms in total. The van der Waals surface area contributed by atoms with E-state index in [0.717, 1.165) is 36.1 Å². The van der Waals surface area contributed by atoms with Crippen LogP contribution in [-0.2, 0) is 9.59 Å². The Hall–Kier alpha value is -1.76. The molecule has 7 heteroatoms. The second kappa shape index (κ2) is 8.09. The predicted molar refractivity (Wildman–Crippen MR) is 93.7 cm³/mol. The van der Waals surface area contributed by atoms with Gasteiger partial charge < -0.3 is 15.2 Å². The van der Waals surface area contributed by atoms with E-state index in [1.807, 2.05) is 25.1 Å². The van der Waals surface area contributed by atoms with Crippen molar-refractivity contribution in [3.05, 3.63) is 42.4 Å². The van der Waals surface area contributed by atoms with Gasteiger partial charge in [0.15, 0.2) is 0 Å². The van der Waals surface area contributed by atoms with Crippen molar-refractivity contribution >= 4 is 17.6 Å². The molecular weight excluding hydrogens is 353 g/mol. The molecule has 0 spiro atoms. The van der Waals surface area contributed by atoms with Crippen LogP contribution in [0.3, 0.4) is 0 Å². The van der Waals surface area contributed by atoms with Crippen LogP contribution < -0.4 is 40.0 Å². The summed E-state index contributed by atoms with van der Waals surface area (Å²) in [5.41, 5.74) is 3.16. The van der Waals surface area contributed by atoms with E-state index in [4.69, 9.17) is 0 Å². The van der Waals surface area contributed by atoms with Crippen molar-refractivity contribution in [1.29, 1.82) is 0 Å². The van der Waals surface area contributed by atoms with Crippen molar-refractivity contribution in [2.75, 3.05) is 5.32 Å². The van der Waals surface area contributed by atoms with Gasteiger partial charge in [-0.15, -0.1) is 0 Å². The molecule has 27 heavy (non-hydrogen) atoms. The maximum absolute atomic E-state index is 12.9. The Morgan fingerprint density at radius 3 is 2.56 bits per heavy atom. The zero-order valence-corrected chi connectivity index (χ0v) is 17.5. The number of carboxylic acids is 1. The van der Waals surface area contributed by atoms with Crippen molar-refractivity contribution in [2.45, 2.75) is 26.2 Å². The molecule has 2 aliphatic rings.